The normalized spacial score (nSPS) is 16.7. The van der Waals surface area contributed by atoms with Gasteiger partial charge in [-0.05, 0) is 39.0 Å². The maximum absolute atomic E-state index is 4.89. The number of rotatable bonds is 5. The molecule has 0 aliphatic heterocycles. The van der Waals surface area contributed by atoms with Crippen LogP contribution >= 0.6 is 0 Å². The fourth-order valence-electron chi connectivity index (χ4n) is 2.49. The fourth-order valence-corrected chi connectivity index (χ4v) is 2.49. The van der Waals surface area contributed by atoms with Gasteiger partial charge in [0, 0.05) is 31.1 Å². The summed E-state index contributed by atoms with van der Waals surface area (Å²) in [6.07, 6.45) is 2.46. The molecule has 118 valence electrons. The van der Waals surface area contributed by atoms with Gasteiger partial charge in [-0.25, -0.2) is 9.97 Å². The van der Waals surface area contributed by atoms with Crippen molar-refractivity contribution in [2.75, 3.05) is 23.8 Å². The van der Waals surface area contributed by atoms with Crippen molar-refractivity contribution < 1.29 is 0 Å². The van der Waals surface area contributed by atoms with E-state index >= 15 is 0 Å². The Morgan fingerprint density at radius 2 is 1.90 bits per heavy atom. The molecule has 1 aliphatic carbocycles. The van der Waals surface area contributed by atoms with E-state index in [4.69, 9.17) is 9.97 Å². The lowest BCUT2D eigenvalue weighted by Gasteiger charge is -2.37. The molecule has 1 aromatic heterocycles. The summed E-state index contributed by atoms with van der Waals surface area (Å²) in [5, 5.41) is 3.39. The maximum atomic E-state index is 4.89. The van der Waals surface area contributed by atoms with E-state index in [2.05, 4.69) is 58.8 Å². The second-order valence-corrected chi connectivity index (χ2v) is 7.34. The average Bonchev–Trinajstić information content (AvgIpc) is 3.23. The Balaban J connectivity index is 2.41. The Kier molecular flexibility index (Phi) is 4.45. The van der Waals surface area contributed by atoms with Crippen molar-refractivity contribution in [1.82, 2.24) is 9.97 Å². The van der Waals surface area contributed by atoms with Gasteiger partial charge < -0.3 is 10.2 Å². The standard InChI is InChI=1S/C17H30N4/c1-8-18-14-11(2)16(20-15(19-14)13-9-10-13)21(7)12(3)17(4,5)6/h12-13H,8-10H2,1-7H3,(H,18,19,20). The average molecular weight is 290 g/mol. The van der Waals surface area contributed by atoms with Gasteiger partial charge in [0.15, 0.2) is 0 Å². The predicted octanol–water partition coefficient (Wildman–Crippen LogP) is 3.97. The molecule has 0 amide bonds. The van der Waals surface area contributed by atoms with E-state index in [0.717, 1.165) is 29.6 Å². The molecule has 21 heavy (non-hydrogen) atoms. The highest BCUT2D eigenvalue weighted by Crippen LogP contribution is 2.40. The third-order valence-electron chi connectivity index (χ3n) is 4.59. The second-order valence-electron chi connectivity index (χ2n) is 7.34. The molecule has 4 heteroatoms. The smallest absolute Gasteiger partial charge is 0.137 e. The minimum Gasteiger partial charge on any atom is -0.370 e. The largest absolute Gasteiger partial charge is 0.370 e. The number of nitrogens with one attached hydrogen (secondary N) is 1. The minimum atomic E-state index is 0.213. The molecule has 0 saturated heterocycles. The zero-order valence-corrected chi connectivity index (χ0v) is 14.6. The van der Waals surface area contributed by atoms with Crippen molar-refractivity contribution in [2.24, 2.45) is 5.41 Å². The van der Waals surface area contributed by atoms with Crippen LogP contribution in [-0.4, -0.2) is 29.6 Å². The van der Waals surface area contributed by atoms with Crippen LogP contribution in [0.25, 0.3) is 0 Å². The van der Waals surface area contributed by atoms with Crippen LogP contribution in [0.15, 0.2) is 0 Å². The second kappa shape index (κ2) is 5.82. The minimum absolute atomic E-state index is 0.213. The number of anilines is 2. The van der Waals surface area contributed by atoms with Gasteiger partial charge in [-0.1, -0.05) is 20.8 Å². The molecule has 1 heterocycles. The van der Waals surface area contributed by atoms with E-state index in [-0.39, 0.29) is 5.41 Å². The summed E-state index contributed by atoms with van der Waals surface area (Å²) in [6, 6.07) is 0.410. The zero-order valence-electron chi connectivity index (χ0n) is 14.6. The number of aromatic nitrogens is 2. The molecule has 0 radical (unpaired) electrons. The Hall–Kier alpha value is -1.32. The van der Waals surface area contributed by atoms with E-state index in [9.17, 15) is 0 Å². The third-order valence-corrected chi connectivity index (χ3v) is 4.59. The number of hydrogen-bond acceptors (Lipinski definition) is 4. The maximum Gasteiger partial charge on any atom is 0.137 e. The molecule has 1 aliphatic rings. The van der Waals surface area contributed by atoms with Gasteiger partial charge in [0.1, 0.15) is 17.5 Å². The molecular formula is C17H30N4. The summed E-state index contributed by atoms with van der Waals surface area (Å²) in [6.45, 7) is 14.2. The van der Waals surface area contributed by atoms with Gasteiger partial charge >= 0.3 is 0 Å². The summed E-state index contributed by atoms with van der Waals surface area (Å²) in [5.74, 6) is 3.65. The first kappa shape index (κ1) is 16.1. The molecular weight excluding hydrogens is 260 g/mol. The van der Waals surface area contributed by atoms with Crippen molar-refractivity contribution in [3.63, 3.8) is 0 Å². The topological polar surface area (TPSA) is 41.1 Å². The lowest BCUT2D eigenvalue weighted by Crippen LogP contribution is -2.40. The molecule has 1 saturated carbocycles. The quantitative estimate of drug-likeness (QED) is 0.891. The van der Waals surface area contributed by atoms with E-state index in [1.165, 1.54) is 12.8 Å². The highest BCUT2D eigenvalue weighted by Gasteiger charge is 2.31. The Bertz CT molecular complexity index is 500. The molecule has 0 spiro atoms. The first-order valence-corrected chi connectivity index (χ1v) is 8.11. The highest BCUT2D eigenvalue weighted by molar-refractivity contribution is 5.59. The Morgan fingerprint density at radius 1 is 1.29 bits per heavy atom. The van der Waals surface area contributed by atoms with Gasteiger partial charge in [0.05, 0.1) is 0 Å². The van der Waals surface area contributed by atoms with Gasteiger partial charge in [0.2, 0.25) is 0 Å². The summed E-state index contributed by atoms with van der Waals surface area (Å²) in [4.78, 5) is 11.9. The van der Waals surface area contributed by atoms with Gasteiger partial charge in [-0.15, -0.1) is 0 Å². The van der Waals surface area contributed by atoms with Crippen molar-refractivity contribution in [3.8, 4) is 0 Å². The number of hydrogen-bond donors (Lipinski definition) is 1. The third kappa shape index (κ3) is 3.47. The van der Waals surface area contributed by atoms with Crippen LogP contribution in [0.1, 0.15) is 64.8 Å². The van der Waals surface area contributed by atoms with Crippen molar-refractivity contribution >= 4 is 11.6 Å². The lowest BCUT2D eigenvalue weighted by molar-refractivity contribution is 0.328. The van der Waals surface area contributed by atoms with Crippen molar-refractivity contribution in [1.29, 1.82) is 0 Å². The summed E-state index contributed by atoms with van der Waals surface area (Å²) < 4.78 is 0. The van der Waals surface area contributed by atoms with Crippen LogP contribution in [0.4, 0.5) is 11.6 Å². The summed E-state index contributed by atoms with van der Waals surface area (Å²) in [5.41, 5.74) is 1.37. The molecule has 1 atom stereocenters. The molecule has 0 bridgehead atoms. The van der Waals surface area contributed by atoms with E-state index in [1.54, 1.807) is 0 Å². The van der Waals surface area contributed by atoms with E-state index in [0.29, 0.717) is 12.0 Å². The molecule has 4 nitrogen and oxygen atoms in total. The first-order valence-electron chi connectivity index (χ1n) is 8.11. The molecule has 2 rings (SSSR count). The van der Waals surface area contributed by atoms with Crippen LogP contribution < -0.4 is 10.2 Å². The van der Waals surface area contributed by atoms with Gasteiger partial charge in [-0.3, -0.25) is 0 Å². The monoisotopic (exact) mass is 290 g/mol. The first-order chi connectivity index (χ1) is 9.75. The number of nitrogens with zero attached hydrogens (tertiary/aromatic N) is 3. The zero-order chi connectivity index (χ0) is 15.8. The molecule has 1 fully saturated rings. The van der Waals surface area contributed by atoms with Crippen LogP contribution in [0.5, 0.6) is 0 Å². The Morgan fingerprint density at radius 3 is 2.38 bits per heavy atom. The molecule has 0 aromatic carbocycles. The van der Waals surface area contributed by atoms with Crippen molar-refractivity contribution in [2.45, 2.75) is 66.3 Å². The summed E-state index contributed by atoms with van der Waals surface area (Å²) in [7, 11) is 2.15. The fraction of sp³-hybridized carbons (Fsp3) is 0.765. The van der Waals surface area contributed by atoms with E-state index in [1.807, 2.05) is 0 Å². The van der Waals surface area contributed by atoms with Crippen LogP contribution in [-0.2, 0) is 0 Å². The van der Waals surface area contributed by atoms with Crippen LogP contribution in [0.3, 0.4) is 0 Å². The lowest BCUT2D eigenvalue weighted by atomic mass is 9.87. The molecule has 1 N–H and O–H groups in total. The van der Waals surface area contributed by atoms with Gasteiger partial charge in [0.25, 0.3) is 0 Å². The van der Waals surface area contributed by atoms with Gasteiger partial charge in [-0.2, -0.15) is 0 Å². The van der Waals surface area contributed by atoms with Crippen LogP contribution in [0.2, 0.25) is 0 Å². The molecule has 1 aromatic rings. The summed E-state index contributed by atoms with van der Waals surface area (Å²) >= 11 is 0. The SMILES string of the molecule is CCNc1nc(C2CC2)nc(N(C)C(C)C(C)(C)C)c1C. The van der Waals surface area contributed by atoms with E-state index < -0.39 is 0 Å². The molecule has 1 unspecified atom stereocenters. The van der Waals surface area contributed by atoms with Crippen LogP contribution in [0, 0.1) is 12.3 Å². The Labute approximate surface area is 129 Å². The highest BCUT2D eigenvalue weighted by atomic mass is 15.2. The predicted molar refractivity (Wildman–Crippen MR) is 90.2 cm³/mol. The van der Waals surface area contributed by atoms with Crippen molar-refractivity contribution in [3.05, 3.63) is 11.4 Å².